The molecule has 1 atom stereocenters. The molecule has 1 saturated heterocycles. The zero-order valence-electron chi connectivity index (χ0n) is 17.5. The molecule has 0 saturated carbocycles. The molecule has 2 N–H and O–H groups in total. The van der Waals surface area contributed by atoms with Gasteiger partial charge in [-0.2, -0.15) is 0 Å². The van der Waals surface area contributed by atoms with Crippen LogP contribution in [0.5, 0.6) is 5.75 Å². The number of anilines is 1. The summed E-state index contributed by atoms with van der Waals surface area (Å²) in [5.74, 6) is 0.0288. The topological polar surface area (TPSA) is 82.1 Å². The van der Waals surface area contributed by atoms with Gasteiger partial charge in [0.15, 0.2) is 0 Å². The van der Waals surface area contributed by atoms with E-state index < -0.39 is 11.9 Å². The summed E-state index contributed by atoms with van der Waals surface area (Å²) in [5.41, 5.74) is 3.55. The van der Waals surface area contributed by atoms with Gasteiger partial charge in [-0.3, -0.25) is 14.9 Å². The van der Waals surface area contributed by atoms with Crippen molar-refractivity contribution in [1.82, 2.24) is 10.4 Å². The third-order valence-electron chi connectivity index (χ3n) is 5.25. The Morgan fingerprint density at radius 2 is 1.73 bits per heavy atom. The number of benzene rings is 2. The average Bonchev–Trinajstić information content (AvgIpc) is 2.95. The summed E-state index contributed by atoms with van der Waals surface area (Å²) >= 11 is 0. The second-order valence-corrected chi connectivity index (χ2v) is 7.77. The Bertz CT molecular complexity index is 839. The Hall–Kier alpha value is -3.06. The predicted molar refractivity (Wildman–Crippen MR) is 114 cm³/mol. The first-order chi connectivity index (χ1) is 14.5. The number of hydroxylamine groups is 1. The first kappa shape index (κ1) is 21.6. The molecule has 7 heteroatoms. The van der Waals surface area contributed by atoms with Gasteiger partial charge in [0.05, 0.1) is 0 Å². The maximum Gasteiger partial charge on any atom is 0.325 e. The molecule has 3 amide bonds. The van der Waals surface area contributed by atoms with Crippen LogP contribution >= 0.6 is 0 Å². The van der Waals surface area contributed by atoms with E-state index in [2.05, 4.69) is 0 Å². The lowest BCUT2D eigenvalue weighted by Crippen LogP contribution is -2.55. The Morgan fingerprint density at radius 3 is 2.37 bits per heavy atom. The molecule has 0 radical (unpaired) electrons. The second-order valence-electron chi connectivity index (χ2n) is 7.77. The smallest absolute Gasteiger partial charge is 0.325 e. The number of urea groups is 1. The van der Waals surface area contributed by atoms with Crippen LogP contribution in [0, 0.1) is 5.92 Å². The van der Waals surface area contributed by atoms with Gasteiger partial charge in [0.25, 0.3) is 5.91 Å². The molecule has 2 aromatic rings. The second kappa shape index (κ2) is 10.1. The molecule has 0 spiro atoms. The fourth-order valence-electron chi connectivity index (χ4n) is 3.73. The first-order valence-corrected chi connectivity index (χ1v) is 10.3. The van der Waals surface area contributed by atoms with Gasteiger partial charge >= 0.3 is 6.03 Å². The number of nitrogens with one attached hydrogen (secondary N) is 1. The summed E-state index contributed by atoms with van der Waals surface area (Å²) in [4.78, 5) is 28.7. The van der Waals surface area contributed by atoms with Gasteiger partial charge in [-0.1, -0.05) is 44.2 Å². The molecule has 30 heavy (non-hydrogen) atoms. The molecule has 0 aliphatic carbocycles. The van der Waals surface area contributed by atoms with Crippen molar-refractivity contribution in [3.05, 3.63) is 60.2 Å². The van der Waals surface area contributed by atoms with Gasteiger partial charge in [-0.15, -0.1) is 0 Å². The molecule has 0 aromatic heterocycles. The van der Waals surface area contributed by atoms with Gasteiger partial charge in [-0.05, 0) is 48.6 Å². The molecule has 1 heterocycles. The number of amides is 3. The van der Waals surface area contributed by atoms with E-state index in [1.165, 1.54) is 0 Å². The molecule has 3 rings (SSSR count). The van der Waals surface area contributed by atoms with Crippen LogP contribution in [0.4, 0.5) is 10.5 Å². The zero-order valence-corrected chi connectivity index (χ0v) is 17.5. The normalized spacial score (nSPS) is 15.7. The van der Waals surface area contributed by atoms with Crippen LogP contribution in [0.25, 0.3) is 0 Å². The number of rotatable bonds is 7. The van der Waals surface area contributed by atoms with Gasteiger partial charge in [0, 0.05) is 18.8 Å². The number of carbonyl (C=O) groups is 2. The van der Waals surface area contributed by atoms with Crippen LogP contribution < -0.4 is 15.1 Å². The van der Waals surface area contributed by atoms with Crippen molar-refractivity contribution in [2.75, 3.05) is 18.0 Å². The lowest BCUT2D eigenvalue weighted by Gasteiger charge is -2.34. The minimum atomic E-state index is -0.725. The first-order valence-electron chi connectivity index (χ1n) is 10.3. The van der Waals surface area contributed by atoms with Crippen LogP contribution in [-0.2, 0) is 11.4 Å². The van der Waals surface area contributed by atoms with E-state index in [4.69, 9.17) is 9.94 Å². The van der Waals surface area contributed by atoms with Crippen LogP contribution in [0.3, 0.4) is 0 Å². The van der Waals surface area contributed by atoms with Gasteiger partial charge in [0.1, 0.15) is 18.4 Å². The van der Waals surface area contributed by atoms with E-state index in [-0.39, 0.29) is 11.9 Å². The number of ether oxygens (including phenoxy) is 1. The van der Waals surface area contributed by atoms with Gasteiger partial charge in [0.2, 0.25) is 0 Å². The average molecular weight is 412 g/mol. The lowest BCUT2D eigenvalue weighted by molar-refractivity contribution is -0.135. The monoisotopic (exact) mass is 411 g/mol. The largest absolute Gasteiger partial charge is 0.489 e. The van der Waals surface area contributed by atoms with E-state index in [1.54, 1.807) is 15.3 Å². The van der Waals surface area contributed by atoms with Crippen molar-refractivity contribution in [3.63, 3.8) is 0 Å². The maximum atomic E-state index is 13.3. The van der Waals surface area contributed by atoms with Crippen LogP contribution in [-0.4, -0.2) is 41.2 Å². The molecular weight excluding hydrogens is 382 g/mol. The minimum Gasteiger partial charge on any atom is -0.489 e. The maximum absolute atomic E-state index is 13.3. The van der Waals surface area contributed by atoms with Crippen molar-refractivity contribution >= 4 is 17.6 Å². The van der Waals surface area contributed by atoms with E-state index in [9.17, 15) is 9.59 Å². The van der Waals surface area contributed by atoms with E-state index in [0.717, 1.165) is 29.8 Å². The van der Waals surface area contributed by atoms with E-state index >= 15 is 0 Å². The zero-order chi connectivity index (χ0) is 21.5. The molecule has 1 aliphatic rings. The van der Waals surface area contributed by atoms with E-state index in [0.29, 0.717) is 19.7 Å². The summed E-state index contributed by atoms with van der Waals surface area (Å²) in [7, 11) is 0. The molecule has 1 fully saturated rings. The molecule has 7 nitrogen and oxygen atoms in total. The quantitative estimate of drug-likeness (QED) is 0.536. The fraction of sp³-hybridized carbons (Fsp3) is 0.391. The fourth-order valence-corrected chi connectivity index (χ4v) is 3.73. The highest BCUT2D eigenvalue weighted by atomic mass is 16.5. The highest BCUT2D eigenvalue weighted by Crippen LogP contribution is 2.25. The van der Waals surface area contributed by atoms with Crippen molar-refractivity contribution in [3.8, 4) is 5.75 Å². The molecular formula is C23H29N3O4. The summed E-state index contributed by atoms with van der Waals surface area (Å²) < 4.78 is 5.83. The van der Waals surface area contributed by atoms with Crippen molar-refractivity contribution in [1.29, 1.82) is 0 Å². The summed E-state index contributed by atoms with van der Waals surface area (Å²) in [5, 5.41) is 9.12. The van der Waals surface area contributed by atoms with E-state index in [1.807, 2.05) is 68.4 Å². The molecule has 2 aromatic carbocycles. The Labute approximate surface area is 177 Å². The third kappa shape index (κ3) is 5.10. The van der Waals surface area contributed by atoms with Crippen LogP contribution in [0.15, 0.2) is 54.6 Å². The Kier molecular flexibility index (Phi) is 7.30. The van der Waals surface area contributed by atoms with Crippen LogP contribution in [0.1, 0.15) is 32.3 Å². The third-order valence-corrected chi connectivity index (χ3v) is 5.25. The number of hydrogen-bond acceptors (Lipinski definition) is 4. The summed E-state index contributed by atoms with van der Waals surface area (Å²) in [6.45, 7) is 5.25. The summed E-state index contributed by atoms with van der Waals surface area (Å²) in [6.07, 6.45) is 1.63. The molecule has 160 valence electrons. The molecule has 1 aliphatic heterocycles. The minimum absolute atomic E-state index is 0.130. The van der Waals surface area contributed by atoms with Crippen molar-refractivity contribution < 1.29 is 19.5 Å². The summed E-state index contributed by atoms with van der Waals surface area (Å²) in [6, 6.07) is 16.4. The number of hydrogen-bond donors (Lipinski definition) is 2. The number of carbonyl (C=O) groups excluding carboxylic acids is 2. The molecule has 1 unspecified atom stereocenters. The van der Waals surface area contributed by atoms with Gasteiger partial charge < -0.3 is 9.64 Å². The van der Waals surface area contributed by atoms with Crippen molar-refractivity contribution in [2.24, 2.45) is 5.92 Å². The standard InChI is InChI=1S/C23H29N3O4/c1-17(2)21(22(27)24-29)26-15-7-6-14-25(23(26)28)19-10-12-20(13-11-19)30-16-18-8-4-3-5-9-18/h3-5,8-13,17,21,29H,6-7,14-16H2,1-2H3,(H,24,27). The number of nitrogens with zero attached hydrogens (tertiary/aromatic N) is 2. The lowest BCUT2D eigenvalue weighted by atomic mass is 10.0. The highest BCUT2D eigenvalue weighted by molar-refractivity contribution is 5.95. The van der Waals surface area contributed by atoms with Crippen LogP contribution in [0.2, 0.25) is 0 Å². The van der Waals surface area contributed by atoms with Crippen molar-refractivity contribution in [2.45, 2.75) is 39.3 Å². The SMILES string of the molecule is CC(C)C(C(=O)NO)N1CCCCN(c2ccc(OCc3ccccc3)cc2)C1=O. The van der Waals surface area contributed by atoms with Gasteiger partial charge in [-0.25, -0.2) is 10.3 Å². The highest BCUT2D eigenvalue weighted by Gasteiger charge is 2.36. The predicted octanol–water partition coefficient (Wildman–Crippen LogP) is 3.82. The Morgan fingerprint density at radius 1 is 1.07 bits per heavy atom. The Balaban J connectivity index is 1.73. The molecule has 0 bridgehead atoms.